The first kappa shape index (κ1) is 11.3. The fourth-order valence-electron chi connectivity index (χ4n) is 0.825. The molecule has 0 amide bonds. The number of alkyl halides is 4. The summed E-state index contributed by atoms with van der Waals surface area (Å²) < 4.78 is 36.4. The third kappa shape index (κ3) is 3.48. The largest absolute Gasteiger partial charge is 0.390 e. The Bertz CT molecular complexity index is 284. The smallest absolute Gasteiger partial charge is 0.171 e. The van der Waals surface area contributed by atoms with Crippen LogP contribution >= 0.6 is 38.9 Å². The summed E-state index contributed by atoms with van der Waals surface area (Å²) >= 11 is 9.95. The third-order valence-electron chi connectivity index (χ3n) is 1.34. The van der Waals surface area contributed by atoms with Crippen LogP contribution in [-0.4, -0.2) is 6.18 Å². The Morgan fingerprint density at radius 3 is 2.54 bits per heavy atom. The van der Waals surface area contributed by atoms with Gasteiger partial charge < -0.3 is 0 Å². The van der Waals surface area contributed by atoms with Gasteiger partial charge in [0.1, 0.15) is 0 Å². The van der Waals surface area contributed by atoms with Crippen LogP contribution in [0.15, 0.2) is 15.9 Å². The minimum Gasteiger partial charge on any atom is -0.171 e. The van der Waals surface area contributed by atoms with Crippen molar-refractivity contribution in [2.24, 2.45) is 0 Å². The van der Waals surface area contributed by atoms with Gasteiger partial charge in [-0.15, -0.1) is 22.9 Å². The molecule has 0 aliphatic heterocycles. The van der Waals surface area contributed by atoms with Crippen LogP contribution < -0.4 is 0 Å². The molecule has 0 radical (unpaired) electrons. The minimum absolute atomic E-state index is 0.527. The summed E-state index contributed by atoms with van der Waals surface area (Å²) in [5.41, 5.74) is 0. The highest BCUT2D eigenvalue weighted by Crippen LogP contribution is 2.39. The van der Waals surface area contributed by atoms with Crippen molar-refractivity contribution in [1.29, 1.82) is 0 Å². The molecule has 0 saturated heterocycles. The topological polar surface area (TPSA) is 0 Å². The highest BCUT2D eigenvalue weighted by molar-refractivity contribution is 9.10. The van der Waals surface area contributed by atoms with Crippen LogP contribution in [0.1, 0.15) is 16.7 Å². The summed E-state index contributed by atoms with van der Waals surface area (Å²) in [4.78, 5) is 0.527. The molecule has 0 N–H and O–H groups in total. The number of hydrogen-bond donors (Lipinski definition) is 0. The van der Waals surface area contributed by atoms with Crippen LogP contribution in [0, 0.1) is 0 Å². The highest BCUT2D eigenvalue weighted by atomic mass is 79.9. The zero-order valence-corrected chi connectivity index (χ0v) is 9.40. The lowest BCUT2D eigenvalue weighted by atomic mass is 10.2. The van der Waals surface area contributed by atoms with Crippen molar-refractivity contribution in [3.05, 3.63) is 20.8 Å². The van der Waals surface area contributed by atoms with Gasteiger partial charge in [0.05, 0.1) is 11.8 Å². The van der Waals surface area contributed by atoms with Gasteiger partial charge in [-0.1, -0.05) is 0 Å². The monoisotopic (exact) mass is 292 g/mol. The molecule has 0 aromatic carbocycles. The molecule has 0 aliphatic rings. The molecule has 1 atom stereocenters. The molecule has 6 heteroatoms. The van der Waals surface area contributed by atoms with Gasteiger partial charge >= 0.3 is 6.18 Å². The van der Waals surface area contributed by atoms with Crippen LogP contribution in [0.4, 0.5) is 13.2 Å². The predicted octanol–water partition coefficient (Wildman–Crippen LogP) is 4.74. The first-order valence-corrected chi connectivity index (χ1v) is 5.45. The van der Waals surface area contributed by atoms with Crippen molar-refractivity contribution in [3.8, 4) is 0 Å². The van der Waals surface area contributed by atoms with E-state index in [1.54, 1.807) is 11.4 Å². The molecule has 0 bridgehead atoms. The van der Waals surface area contributed by atoms with Crippen molar-refractivity contribution in [3.63, 3.8) is 0 Å². The maximum absolute atomic E-state index is 11.9. The minimum atomic E-state index is -4.21. The number of thiophene rings is 1. The van der Waals surface area contributed by atoms with E-state index < -0.39 is 18.0 Å². The van der Waals surface area contributed by atoms with Crippen molar-refractivity contribution >= 4 is 38.9 Å². The van der Waals surface area contributed by atoms with E-state index >= 15 is 0 Å². The Morgan fingerprint density at radius 1 is 1.54 bits per heavy atom. The molecule has 74 valence electrons. The normalized spacial score (nSPS) is 14.5. The molecular formula is C7H5BrClF3S. The number of rotatable bonds is 2. The summed E-state index contributed by atoms with van der Waals surface area (Å²) in [5.74, 6) is 0. The van der Waals surface area contributed by atoms with E-state index in [1.807, 2.05) is 0 Å². The zero-order valence-electron chi connectivity index (χ0n) is 6.24. The summed E-state index contributed by atoms with van der Waals surface area (Å²) in [6, 6.07) is 1.69. The SMILES string of the molecule is FC(F)(F)CC(Cl)c1sccc1Br. The molecule has 0 spiro atoms. The van der Waals surface area contributed by atoms with Crippen molar-refractivity contribution in [2.75, 3.05) is 0 Å². The van der Waals surface area contributed by atoms with Crippen molar-refractivity contribution in [1.82, 2.24) is 0 Å². The maximum atomic E-state index is 11.9. The summed E-state index contributed by atoms with van der Waals surface area (Å²) in [5, 5.41) is 0.708. The summed E-state index contributed by atoms with van der Waals surface area (Å²) in [6.07, 6.45) is -5.20. The van der Waals surface area contributed by atoms with Gasteiger partial charge in [-0.25, -0.2) is 0 Å². The van der Waals surface area contributed by atoms with Gasteiger partial charge in [-0.3, -0.25) is 0 Å². The van der Waals surface area contributed by atoms with Gasteiger partial charge in [0.15, 0.2) is 0 Å². The first-order chi connectivity index (χ1) is 5.90. The Morgan fingerprint density at radius 2 is 2.15 bits per heavy atom. The van der Waals surface area contributed by atoms with Crippen LogP contribution in [-0.2, 0) is 0 Å². The molecule has 1 unspecified atom stereocenters. The molecule has 0 fully saturated rings. The fraction of sp³-hybridized carbons (Fsp3) is 0.429. The van der Waals surface area contributed by atoms with Crippen molar-refractivity contribution in [2.45, 2.75) is 18.0 Å². The molecule has 1 heterocycles. The van der Waals surface area contributed by atoms with Gasteiger partial charge in [0, 0.05) is 9.35 Å². The Balaban J connectivity index is 2.69. The van der Waals surface area contributed by atoms with Crippen molar-refractivity contribution < 1.29 is 13.2 Å². The number of halogens is 5. The molecule has 1 aromatic rings. The molecule has 0 aliphatic carbocycles. The molecule has 13 heavy (non-hydrogen) atoms. The first-order valence-electron chi connectivity index (χ1n) is 3.34. The molecule has 1 aromatic heterocycles. The van der Waals surface area contributed by atoms with E-state index in [0.717, 1.165) is 0 Å². The lowest BCUT2D eigenvalue weighted by molar-refractivity contribution is -0.134. The van der Waals surface area contributed by atoms with Crippen LogP contribution in [0.2, 0.25) is 0 Å². The highest BCUT2D eigenvalue weighted by Gasteiger charge is 2.32. The van der Waals surface area contributed by atoms with Gasteiger partial charge in [0.2, 0.25) is 0 Å². The van der Waals surface area contributed by atoms with Crippen LogP contribution in [0.3, 0.4) is 0 Å². The Hall–Kier alpha value is 0.260. The van der Waals surface area contributed by atoms with Gasteiger partial charge in [-0.2, -0.15) is 13.2 Å². The molecule has 1 rings (SSSR count). The van der Waals surface area contributed by atoms with Crippen LogP contribution in [0.5, 0.6) is 0 Å². The standard InChI is InChI=1S/C7H5BrClF3S/c8-4-1-2-13-6(4)5(9)3-7(10,11)12/h1-2,5H,3H2. The van der Waals surface area contributed by atoms with Gasteiger partial charge in [0.25, 0.3) is 0 Å². The lowest BCUT2D eigenvalue weighted by Gasteiger charge is -2.10. The number of hydrogen-bond acceptors (Lipinski definition) is 1. The van der Waals surface area contributed by atoms with E-state index in [4.69, 9.17) is 11.6 Å². The zero-order chi connectivity index (χ0) is 10.1. The average Bonchev–Trinajstić information content (AvgIpc) is 2.30. The van der Waals surface area contributed by atoms with E-state index in [2.05, 4.69) is 15.9 Å². The molecule has 0 nitrogen and oxygen atoms in total. The second-order valence-corrected chi connectivity index (χ2v) is 4.75. The van der Waals surface area contributed by atoms with E-state index in [-0.39, 0.29) is 0 Å². The third-order valence-corrected chi connectivity index (χ3v) is 3.83. The quantitative estimate of drug-likeness (QED) is 0.691. The summed E-state index contributed by atoms with van der Waals surface area (Å²) in [6.45, 7) is 0. The average molecular weight is 294 g/mol. The molecular weight excluding hydrogens is 288 g/mol. The Kier molecular flexibility index (Phi) is 3.65. The summed E-state index contributed by atoms with van der Waals surface area (Å²) in [7, 11) is 0. The maximum Gasteiger partial charge on any atom is 0.390 e. The Labute approximate surface area is 90.8 Å². The van der Waals surface area contributed by atoms with E-state index in [9.17, 15) is 13.2 Å². The van der Waals surface area contributed by atoms with E-state index in [0.29, 0.717) is 9.35 Å². The lowest BCUT2D eigenvalue weighted by Crippen LogP contribution is -2.10. The second kappa shape index (κ2) is 4.19. The van der Waals surface area contributed by atoms with E-state index in [1.165, 1.54) is 11.3 Å². The van der Waals surface area contributed by atoms with Crippen LogP contribution in [0.25, 0.3) is 0 Å². The molecule has 0 saturated carbocycles. The second-order valence-electron chi connectivity index (χ2n) is 2.42. The fourth-order valence-corrected chi connectivity index (χ4v) is 3.03. The van der Waals surface area contributed by atoms with Gasteiger partial charge in [-0.05, 0) is 27.4 Å². The predicted molar refractivity (Wildman–Crippen MR) is 51.3 cm³/mol.